The SMILES string of the molecule is COc1ccc(NC(=O)c2cc(C)n(-c3nccs3)c2C)cc1F. The number of rotatable bonds is 4. The van der Waals surface area contributed by atoms with E-state index < -0.39 is 5.82 Å². The summed E-state index contributed by atoms with van der Waals surface area (Å²) in [5, 5.41) is 5.40. The summed E-state index contributed by atoms with van der Waals surface area (Å²) in [7, 11) is 1.39. The van der Waals surface area contributed by atoms with E-state index in [0.29, 0.717) is 11.3 Å². The van der Waals surface area contributed by atoms with Crippen molar-refractivity contribution >= 4 is 22.9 Å². The van der Waals surface area contributed by atoms with E-state index in [9.17, 15) is 9.18 Å². The van der Waals surface area contributed by atoms with Crippen molar-refractivity contribution < 1.29 is 13.9 Å². The highest BCUT2D eigenvalue weighted by atomic mass is 32.1. The molecule has 0 bridgehead atoms. The summed E-state index contributed by atoms with van der Waals surface area (Å²) < 4.78 is 20.5. The molecule has 0 saturated heterocycles. The lowest BCUT2D eigenvalue weighted by molar-refractivity contribution is 0.102. The summed E-state index contributed by atoms with van der Waals surface area (Å²) in [5.74, 6) is -0.686. The maximum Gasteiger partial charge on any atom is 0.257 e. The van der Waals surface area contributed by atoms with Gasteiger partial charge >= 0.3 is 0 Å². The van der Waals surface area contributed by atoms with E-state index in [1.807, 2.05) is 23.8 Å². The van der Waals surface area contributed by atoms with Crippen LogP contribution >= 0.6 is 11.3 Å². The molecule has 1 N–H and O–H groups in total. The highest BCUT2D eigenvalue weighted by molar-refractivity contribution is 7.12. The number of hydrogen-bond donors (Lipinski definition) is 1. The molecule has 0 spiro atoms. The molecule has 3 aromatic rings. The van der Waals surface area contributed by atoms with Crippen LogP contribution in [0.5, 0.6) is 5.75 Å². The Balaban J connectivity index is 1.88. The number of aromatic nitrogens is 2. The van der Waals surface area contributed by atoms with Gasteiger partial charge in [0, 0.05) is 34.7 Å². The van der Waals surface area contributed by atoms with Gasteiger partial charge in [0.15, 0.2) is 16.7 Å². The summed E-state index contributed by atoms with van der Waals surface area (Å²) in [6, 6.07) is 6.10. The van der Waals surface area contributed by atoms with Crippen molar-refractivity contribution in [2.24, 2.45) is 0 Å². The van der Waals surface area contributed by atoms with Gasteiger partial charge in [0.05, 0.1) is 12.7 Å². The van der Waals surface area contributed by atoms with Crippen molar-refractivity contribution in [1.29, 1.82) is 0 Å². The molecule has 2 aromatic heterocycles. The van der Waals surface area contributed by atoms with Crippen LogP contribution in [-0.2, 0) is 0 Å². The van der Waals surface area contributed by atoms with E-state index in [0.717, 1.165) is 16.5 Å². The number of carbonyl (C=O) groups excluding carboxylic acids is 1. The van der Waals surface area contributed by atoms with Crippen molar-refractivity contribution in [3.8, 4) is 10.9 Å². The van der Waals surface area contributed by atoms with Gasteiger partial charge < -0.3 is 10.1 Å². The monoisotopic (exact) mass is 345 g/mol. The fourth-order valence-corrected chi connectivity index (χ4v) is 3.31. The van der Waals surface area contributed by atoms with Crippen LogP contribution in [0.2, 0.25) is 0 Å². The number of hydrogen-bond acceptors (Lipinski definition) is 4. The Morgan fingerprint density at radius 1 is 1.33 bits per heavy atom. The van der Waals surface area contributed by atoms with Gasteiger partial charge in [-0.15, -0.1) is 11.3 Å². The average molecular weight is 345 g/mol. The number of thiazole rings is 1. The number of methoxy groups -OCH3 is 1. The lowest BCUT2D eigenvalue weighted by Crippen LogP contribution is -2.13. The van der Waals surface area contributed by atoms with Crippen molar-refractivity contribution in [2.45, 2.75) is 13.8 Å². The van der Waals surface area contributed by atoms with Crippen LogP contribution < -0.4 is 10.1 Å². The Kier molecular flexibility index (Phi) is 4.35. The molecule has 3 rings (SSSR count). The molecule has 0 radical (unpaired) electrons. The number of nitrogens with zero attached hydrogens (tertiary/aromatic N) is 2. The predicted octanol–water partition coefficient (Wildman–Crippen LogP) is 3.95. The standard InChI is InChI=1S/C17H16FN3O2S/c1-10-8-13(11(2)21(10)17-19-6-7-24-17)16(22)20-12-4-5-15(23-3)14(18)9-12/h4-9H,1-3H3,(H,20,22). The molecular formula is C17H16FN3O2S. The molecule has 1 amide bonds. The number of nitrogens with one attached hydrogen (secondary N) is 1. The van der Waals surface area contributed by atoms with Crippen LogP contribution in [0.4, 0.5) is 10.1 Å². The summed E-state index contributed by atoms with van der Waals surface area (Å²) in [6.07, 6.45) is 1.72. The Labute approximate surface area is 142 Å². The second-order valence-corrected chi connectivity index (χ2v) is 6.11. The number of halogens is 1. The van der Waals surface area contributed by atoms with Crippen molar-refractivity contribution in [3.05, 3.63) is 58.6 Å². The van der Waals surface area contributed by atoms with E-state index in [1.54, 1.807) is 18.3 Å². The quantitative estimate of drug-likeness (QED) is 0.779. The molecule has 7 heteroatoms. The second-order valence-electron chi connectivity index (χ2n) is 5.24. The van der Waals surface area contributed by atoms with E-state index >= 15 is 0 Å². The first-order valence-electron chi connectivity index (χ1n) is 7.25. The molecule has 0 aliphatic carbocycles. The second kappa shape index (κ2) is 6.45. The summed E-state index contributed by atoms with van der Waals surface area (Å²) in [4.78, 5) is 16.8. The largest absolute Gasteiger partial charge is 0.494 e. The number of benzene rings is 1. The summed E-state index contributed by atoms with van der Waals surface area (Å²) >= 11 is 1.50. The van der Waals surface area contributed by atoms with Gasteiger partial charge in [-0.25, -0.2) is 9.37 Å². The van der Waals surface area contributed by atoms with Crippen LogP contribution in [-0.4, -0.2) is 22.6 Å². The van der Waals surface area contributed by atoms with Gasteiger partial charge in [0.2, 0.25) is 0 Å². The third-order valence-corrected chi connectivity index (χ3v) is 4.45. The van der Waals surface area contributed by atoms with Crippen LogP contribution in [0.25, 0.3) is 5.13 Å². The first kappa shape index (κ1) is 16.2. The number of ether oxygens (including phenoxy) is 1. The zero-order chi connectivity index (χ0) is 17.3. The minimum absolute atomic E-state index is 0.134. The Hall–Kier alpha value is -2.67. The normalized spacial score (nSPS) is 10.7. The number of anilines is 1. The number of carbonyl (C=O) groups is 1. The van der Waals surface area contributed by atoms with Crippen molar-refractivity contribution in [3.63, 3.8) is 0 Å². The predicted molar refractivity (Wildman–Crippen MR) is 91.8 cm³/mol. The maximum atomic E-state index is 13.7. The molecule has 5 nitrogen and oxygen atoms in total. The van der Waals surface area contributed by atoms with Crippen molar-refractivity contribution in [2.75, 3.05) is 12.4 Å². The molecule has 0 aliphatic rings. The topological polar surface area (TPSA) is 56.1 Å². The molecule has 0 aliphatic heterocycles. The highest BCUT2D eigenvalue weighted by Gasteiger charge is 2.18. The molecule has 0 saturated carbocycles. The summed E-state index contributed by atoms with van der Waals surface area (Å²) in [5.41, 5.74) is 2.60. The van der Waals surface area contributed by atoms with Crippen LogP contribution in [0, 0.1) is 19.7 Å². The zero-order valence-corrected chi connectivity index (χ0v) is 14.3. The van der Waals surface area contributed by atoms with Gasteiger partial charge in [0.25, 0.3) is 5.91 Å². The van der Waals surface area contributed by atoms with E-state index in [2.05, 4.69) is 10.3 Å². The summed E-state index contributed by atoms with van der Waals surface area (Å²) in [6.45, 7) is 3.77. The van der Waals surface area contributed by atoms with E-state index in [4.69, 9.17) is 4.74 Å². The lowest BCUT2D eigenvalue weighted by Gasteiger charge is -2.08. The molecule has 24 heavy (non-hydrogen) atoms. The number of aryl methyl sites for hydroxylation is 1. The van der Waals surface area contributed by atoms with Gasteiger partial charge in [-0.2, -0.15) is 0 Å². The van der Waals surface area contributed by atoms with Crippen LogP contribution in [0.15, 0.2) is 35.8 Å². The smallest absolute Gasteiger partial charge is 0.257 e. The highest BCUT2D eigenvalue weighted by Crippen LogP contribution is 2.24. The number of amides is 1. The minimum atomic E-state index is -0.524. The Morgan fingerprint density at radius 3 is 2.75 bits per heavy atom. The van der Waals surface area contributed by atoms with Crippen molar-refractivity contribution in [1.82, 2.24) is 9.55 Å². The Bertz CT molecular complexity index is 888. The average Bonchev–Trinajstić information content (AvgIpc) is 3.15. The zero-order valence-electron chi connectivity index (χ0n) is 13.5. The molecular weight excluding hydrogens is 329 g/mol. The van der Waals surface area contributed by atoms with Crippen LogP contribution in [0.1, 0.15) is 21.7 Å². The first-order chi connectivity index (χ1) is 11.5. The fourth-order valence-electron chi connectivity index (χ4n) is 2.56. The van der Waals surface area contributed by atoms with Gasteiger partial charge in [-0.1, -0.05) is 0 Å². The van der Waals surface area contributed by atoms with Gasteiger partial charge in [-0.05, 0) is 32.0 Å². The Morgan fingerprint density at radius 2 is 2.12 bits per heavy atom. The van der Waals surface area contributed by atoms with Gasteiger partial charge in [0.1, 0.15) is 0 Å². The lowest BCUT2D eigenvalue weighted by atomic mass is 10.2. The molecule has 0 atom stereocenters. The molecule has 0 fully saturated rings. The van der Waals surface area contributed by atoms with Gasteiger partial charge in [-0.3, -0.25) is 9.36 Å². The fraction of sp³-hybridized carbons (Fsp3) is 0.176. The molecule has 0 unspecified atom stereocenters. The molecule has 2 heterocycles. The molecule has 1 aromatic carbocycles. The maximum absolute atomic E-state index is 13.7. The third kappa shape index (κ3) is 2.90. The third-order valence-electron chi connectivity index (χ3n) is 3.70. The van der Waals surface area contributed by atoms with Crippen LogP contribution in [0.3, 0.4) is 0 Å². The van der Waals surface area contributed by atoms with E-state index in [-0.39, 0.29) is 11.7 Å². The minimum Gasteiger partial charge on any atom is -0.494 e. The molecule has 124 valence electrons. The van der Waals surface area contributed by atoms with E-state index in [1.165, 1.54) is 30.6 Å². The first-order valence-corrected chi connectivity index (χ1v) is 8.13.